The van der Waals surface area contributed by atoms with E-state index in [1.54, 1.807) is 6.07 Å². The Morgan fingerprint density at radius 3 is 1.85 bits per heavy atom. The molecule has 128 valence electrons. The summed E-state index contributed by atoms with van der Waals surface area (Å²) in [6.45, 7) is 4.08. The average Bonchev–Trinajstić information content (AvgIpc) is 2.67. The number of hydrogen-bond acceptors (Lipinski definition) is 1. The molecule has 0 spiro atoms. The molecule has 2 nitrogen and oxygen atoms in total. The van der Waals surface area contributed by atoms with Crippen LogP contribution in [0.3, 0.4) is 0 Å². The van der Waals surface area contributed by atoms with Crippen molar-refractivity contribution in [2.75, 3.05) is 0 Å². The van der Waals surface area contributed by atoms with E-state index < -0.39 is 0 Å². The molecule has 3 aromatic carbocycles. The van der Waals surface area contributed by atoms with Gasteiger partial charge in [0.2, 0.25) is 0 Å². The third-order valence-corrected chi connectivity index (χ3v) is 4.97. The number of aromatic nitrogens is 1. The first kappa shape index (κ1) is 16.3. The highest BCUT2D eigenvalue weighted by Gasteiger charge is 2.21. The summed E-state index contributed by atoms with van der Waals surface area (Å²) in [5.41, 5.74) is 5.38. The molecule has 1 aromatic heterocycles. The van der Waals surface area contributed by atoms with Gasteiger partial charge in [-0.15, -0.1) is 0 Å². The van der Waals surface area contributed by atoms with E-state index in [0.29, 0.717) is 0 Å². The molecule has 0 saturated carbocycles. The maximum absolute atomic E-state index is 13.2. The molecule has 1 heterocycles. The summed E-state index contributed by atoms with van der Waals surface area (Å²) in [5, 5.41) is 1.13. The van der Waals surface area contributed by atoms with Gasteiger partial charge in [0.15, 0.2) is 0 Å². The molecule has 26 heavy (non-hydrogen) atoms. The molecule has 0 radical (unpaired) electrons. The summed E-state index contributed by atoms with van der Waals surface area (Å²) in [4.78, 5) is 13.2. The number of hydrogen-bond donors (Lipinski definition) is 0. The molecule has 4 rings (SSSR count). The van der Waals surface area contributed by atoms with Crippen LogP contribution in [-0.2, 0) is 0 Å². The second-order valence-electron chi connectivity index (χ2n) is 6.73. The van der Waals surface area contributed by atoms with Crippen molar-refractivity contribution in [2.24, 2.45) is 0 Å². The number of rotatable bonds is 3. The number of nitrogens with zero attached hydrogens (tertiary/aromatic N) is 1. The molecular formula is C24H21NO. The smallest absolute Gasteiger partial charge is 0.252 e. The molecule has 0 amide bonds. The lowest BCUT2D eigenvalue weighted by molar-refractivity contribution is 0.674. The highest BCUT2D eigenvalue weighted by molar-refractivity contribution is 5.85. The van der Waals surface area contributed by atoms with Crippen molar-refractivity contribution in [3.05, 3.63) is 118 Å². The molecule has 0 N–H and O–H groups in total. The van der Waals surface area contributed by atoms with Crippen molar-refractivity contribution < 1.29 is 0 Å². The normalized spacial score (nSPS) is 11.2. The predicted octanol–water partition coefficient (Wildman–Crippen LogP) is 5.26. The van der Waals surface area contributed by atoms with Crippen LogP contribution in [0.5, 0.6) is 0 Å². The van der Waals surface area contributed by atoms with E-state index in [-0.39, 0.29) is 11.6 Å². The van der Waals surface area contributed by atoms with Gasteiger partial charge in [-0.05, 0) is 36.1 Å². The molecule has 0 bridgehead atoms. The maximum Gasteiger partial charge on any atom is 0.252 e. The molecule has 0 aliphatic rings. The Bertz CT molecular complexity index is 1070. The quantitative estimate of drug-likeness (QED) is 0.499. The number of fused-ring (bicyclic) bond motifs is 1. The van der Waals surface area contributed by atoms with E-state index in [1.165, 1.54) is 0 Å². The zero-order chi connectivity index (χ0) is 18.1. The zero-order valence-corrected chi connectivity index (χ0v) is 15.0. The van der Waals surface area contributed by atoms with Crippen LogP contribution < -0.4 is 5.56 Å². The molecule has 0 saturated heterocycles. The van der Waals surface area contributed by atoms with Crippen molar-refractivity contribution in [3.8, 4) is 0 Å². The third kappa shape index (κ3) is 2.74. The van der Waals surface area contributed by atoms with E-state index in [4.69, 9.17) is 0 Å². The highest BCUT2D eigenvalue weighted by atomic mass is 16.1. The molecule has 0 unspecified atom stereocenters. The van der Waals surface area contributed by atoms with Crippen molar-refractivity contribution in [3.63, 3.8) is 0 Å². The van der Waals surface area contributed by atoms with Crippen LogP contribution in [0.4, 0.5) is 0 Å². The summed E-state index contributed by atoms with van der Waals surface area (Å²) in [7, 11) is 0. The summed E-state index contributed by atoms with van der Waals surface area (Å²) < 4.78 is 1.95. The Kier molecular flexibility index (Phi) is 4.18. The first-order valence-corrected chi connectivity index (χ1v) is 8.88. The fourth-order valence-electron chi connectivity index (χ4n) is 3.76. The lowest BCUT2D eigenvalue weighted by atomic mass is 9.96. The SMILES string of the molecule is Cc1cc(=O)n(C(c2ccccc2)c2ccccc2)c2c(C)cccc12. The minimum absolute atomic E-state index is 0.0296. The Hall–Kier alpha value is -3.13. The van der Waals surface area contributed by atoms with E-state index in [1.807, 2.05) is 47.9 Å². The third-order valence-electron chi connectivity index (χ3n) is 4.97. The van der Waals surface area contributed by atoms with Crippen molar-refractivity contribution in [1.29, 1.82) is 0 Å². The molecule has 0 aliphatic carbocycles. The van der Waals surface area contributed by atoms with Gasteiger partial charge in [-0.3, -0.25) is 9.36 Å². The average molecular weight is 339 g/mol. The lowest BCUT2D eigenvalue weighted by Gasteiger charge is -2.24. The molecule has 0 aliphatic heterocycles. The zero-order valence-electron chi connectivity index (χ0n) is 15.0. The fourth-order valence-corrected chi connectivity index (χ4v) is 3.76. The van der Waals surface area contributed by atoms with E-state index >= 15 is 0 Å². The van der Waals surface area contributed by atoms with Gasteiger partial charge >= 0.3 is 0 Å². The topological polar surface area (TPSA) is 22.0 Å². The largest absolute Gasteiger partial charge is 0.296 e. The fraction of sp³-hybridized carbons (Fsp3) is 0.125. The standard InChI is InChI=1S/C24H21NO/c1-17-10-9-15-21-18(2)16-22(26)25(23(17)21)24(19-11-5-3-6-12-19)20-13-7-4-8-14-20/h3-16,24H,1-2H3. The minimum Gasteiger partial charge on any atom is -0.296 e. The number of para-hydroxylation sites is 1. The van der Waals surface area contributed by atoms with Crippen LogP contribution >= 0.6 is 0 Å². The monoisotopic (exact) mass is 339 g/mol. The van der Waals surface area contributed by atoms with Crippen LogP contribution in [0.1, 0.15) is 28.3 Å². The van der Waals surface area contributed by atoms with Crippen LogP contribution in [-0.4, -0.2) is 4.57 Å². The van der Waals surface area contributed by atoms with Gasteiger partial charge < -0.3 is 0 Å². The van der Waals surface area contributed by atoms with Crippen LogP contribution in [0.15, 0.2) is 89.7 Å². The predicted molar refractivity (Wildman–Crippen MR) is 108 cm³/mol. The van der Waals surface area contributed by atoms with Crippen LogP contribution in [0.2, 0.25) is 0 Å². The number of aryl methyl sites for hydroxylation is 2. The summed E-state index contributed by atoms with van der Waals surface area (Å²) in [5.74, 6) is 0. The Labute approximate surface area is 153 Å². The maximum atomic E-state index is 13.2. The van der Waals surface area contributed by atoms with Gasteiger partial charge in [-0.1, -0.05) is 78.9 Å². The highest BCUT2D eigenvalue weighted by Crippen LogP contribution is 2.30. The van der Waals surface area contributed by atoms with E-state index in [0.717, 1.165) is 33.2 Å². The van der Waals surface area contributed by atoms with Gasteiger partial charge in [-0.25, -0.2) is 0 Å². The lowest BCUT2D eigenvalue weighted by Crippen LogP contribution is -2.27. The van der Waals surface area contributed by atoms with Crippen molar-refractivity contribution >= 4 is 10.9 Å². The van der Waals surface area contributed by atoms with Crippen molar-refractivity contribution in [1.82, 2.24) is 4.57 Å². The first-order chi connectivity index (χ1) is 12.7. The number of pyridine rings is 1. The van der Waals surface area contributed by atoms with E-state index in [9.17, 15) is 4.79 Å². The van der Waals surface area contributed by atoms with Gasteiger partial charge in [0.25, 0.3) is 5.56 Å². The Morgan fingerprint density at radius 2 is 1.27 bits per heavy atom. The van der Waals surface area contributed by atoms with Gasteiger partial charge in [0.05, 0.1) is 11.6 Å². The van der Waals surface area contributed by atoms with Gasteiger partial charge in [0.1, 0.15) is 0 Å². The minimum atomic E-state index is -0.158. The molecule has 0 atom stereocenters. The summed E-state index contributed by atoms with van der Waals surface area (Å²) >= 11 is 0. The molecule has 4 aromatic rings. The molecular weight excluding hydrogens is 318 g/mol. The van der Waals surface area contributed by atoms with Crippen LogP contribution in [0, 0.1) is 13.8 Å². The second kappa shape index (κ2) is 6.64. The van der Waals surface area contributed by atoms with E-state index in [2.05, 4.69) is 49.4 Å². The van der Waals surface area contributed by atoms with Gasteiger partial charge in [-0.2, -0.15) is 0 Å². The first-order valence-electron chi connectivity index (χ1n) is 8.88. The summed E-state index contributed by atoms with van der Waals surface area (Å²) in [6, 6.07) is 28.3. The molecule has 2 heteroatoms. The Morgan fingerprint density at radius 1 is 0.692 bits per heavy atom. The molecule has 0 fully saturated rings. The number of benzene rings is 3. The van der Waals surface area contributed by atoms with Crippen molar-refractivity contribution in [2.45, 2.75) is 19.9 Å². The Balaban J connectivity index is 2.12. The van der Waals surface area contributed by atoms with Gasteiger partial charge in [0, 0.05) is 11.5 Å². The summed E-state index contributed by atoms with van der Waals surface area (Å²) in [6.07, 6.45) is 0. The second-order valence-corrected chi connectivity index (χ2v) is 6.73. The van der Waals surface area contributed by atoms with Crippen LogP contribution in [0.25, 0.3) is 10.9 Å².